The van der Waals surface area contributed by atoms with Crippen LogP contribution in [0.5, 0.6) is 0 Å². The van der Waals surface area contributed by atoms with E-state index in [4.69, 9.17) is 5.73 Å². The third kappa shape index (κ3) is 3.42. The zero-order chi connectivity index (χ0) is 14.7. The number of aromatic nitrogens is 3. The molecule has 1 aromatic carbocycles. The zero-order valence-corrected chi connectivity index (χ0v) is 12.2. The number of halogens is 1. The van der Waals surface area contributed by atoms with Gasteiger partial charge in [0.2, 0.25) is 0 Å². The minimum Gasteiger partial charge on any atom is -0.324 e. The van der Waals surface area contributed by atoms with Gasteiger partial charge >= 0.3 is 0 Å². The van der Waals surface area contributed by atoms with Crippen molar-refractivity contribution in [2.24, 2.45) is 11.7 Å². The van der Waals surface area contributed by atoms with E-state index in [1.54, 1.807) is 25.4 Å². The van der Waals surface area contributed by atoms with Crippen LogP contribution in [0.15, 0.2) is 24.5 Å². The highest BCUT2D eigenvalue weighted by molar-refractivity contribution is 5.26. The molecule has 4 nitrogen and oxygen atoms in total. The van der Waals surface area contributed by atoms with Crippen molar-refractivity contribution in [2.45, 2.75) is 39.8 Å². The molecule has 1 aromatic heterocycles. The summed E-state index contributed by atoms with van der Waals surface area (Å²) < 4.78 is 15.2. The first-order chi connectivity index (χ1) is 9.47. The molecule has 2 N–H and O–H groups in total. The molecular formula is C15H21FN4. The number of hydrogen-bond donors (Lipinski definition) is 1. The van der Waals surface area contributed by atoms with E-state index in [0.717, 1.165) is 17.9 Å². The van der Waals surface area contributed by atoms with E-state index in [0.29, 0.717) is 17.9 Å². The maximum absolute atomic E-state index is 13.3. The van der Waals surface area contributed by atoms with Crippen molar-refractivity contribution in [1.29, 1.82) is 0 Å². The Morgan fingerprint density at radius 1 is 1.35 bits per heavy atom. The van der Waals surface area contributed by atoms with Gasteiger partial charge in [-0.2, -0.15) is 5.10 Å². The molecule has 108 valence electrons. The molecule has 0 bridgehead atoms. The first-order valence-electron chi connectivity index (χ1n) is 6.85. The molecule has 0 aliphatic rings. The van der Waals surface area contributed by atoms with E-state index in [2.05, 4.69) is 23.9 Å². The van der Waals surface area contributed by atoms with Gasteiger partial charge in [-0.3, -0.25) is 0 Å². The molecule has 2 aromatic rings. The Labute approximate surface area is 118 Å². The zero-order valence-electron chi connectivity index (χ0n) is 12.2. The van der Waals surface area contributed by atoms with Crippen LogP contribution in [0, 0.1) is 18.7 Å². The quantitative estimate of drug-likeness (QED) is 0.913. The smallest absolute Gasteiger partial charge is 0.138 e. The van der Waals surface area contributed by atoms with Crippen molar-refractivity contribution in [1.82, 2.24) is 14.8 Å². The fourth-order valence-electron chi connectivity index (χ4n) is 2.16. The normalized spacial score (nSPS) is 12.9. The molecule has 0 radical (unpaired) electrons. The highest BCUT2D eigenvalue weighted by Crippen LogP contribution is 2.18. The van der Waals surface area contributed by atoms with Gasteiger partial charge in [0.1, 0.15) is 18.0 Å². The number of aryl methyl sites for hydroxylation is 1. The fourth-order valence-corrected chi connectivity index (χ4v) is 2.16. The summed E-state index contributed by atoms with van der Waals surface area (Å²) in [5, 5.41) is 4.22. The van der Waals surface area contributed by atoms with Crippen LogP contribution < -0.4 is 5.73 Å². The Kier molecular flexibility index (Phi) is 4.49. The summed E-state index contributed by atoms with van der Waals surface area (Å²) in [5.41, 5.74) is 7.73. The summed E-state index contributed by atoms with van der Waals surface area (Å²) in [5.74, 6) is 1.16. The second kappa shape index (κ2) is 6.13. The summed E-state index contributed by atoms with van der Waals surface area (Å²) in [6, 6.07) is 4.78. The van der Waals surface area contributed by atoms with E-state index in [9.17, 15) is 4.39 Å². The number of benzene rings is 1. The standard InChI is InChI=1S/C15H21FN4/c1-10(2)8-20-15(18-9-19-20)7-14(17)12-4-5-13(16)11(3)6-12/h4-6,9-10,14H,7-8,17H2,1-3H3. The first-order valence-corrected chi connectivity index (χ1v) is 6.85. The lowest BCUT2D eigenvalue weighted by molar-refractivity contribution is 0.459. The first kappa shape index (κ1) is 14.7. The summed E-state index contributed by atoms with van der Waals surface area (Å²) in [6.45, 7) is 6.83. The van der Waals surface area contributed by atoms with Crippen molar-refractivity contribution in [2.75, 3.05) is 0 Å². The van der Waals surface area contributed by atoms with Gasteiger partial charge in [0.15, 0.2) is 0 Å². The summed E-state index contributed by atoms with van der Waals surface area (Å²) in [4.78, 5) is 4.27. The predicted octanol–water partition coefficient (Wildman–Crippen LogP) is 2.62. The van der Waals surface area contributed by atoms with Crippen molar-refractivity contribution in [3.05, 3.63) is 47.3 Å². The van der Waals surface area contributed by atoms with Crippen molar-refractivity contribution in [3.63, 3.8) is 0 Å². The lowest BCUT2D eigenvalue weighted by atomic mass is 10.0. The Morgan fingerprint density at radius 3 is 2.75 bits per heavy atom. The van der Waals surface area contributed by atoms with E-state index in [1.165, 1.54) is 6.07 Å². The molecule has 0 fully saturated rings. The van der Waals surface area contributed by atoms with Crippen molar-refractivity contribution >= 4 is 0 Å². The lowest BCUT2D eigenvalue weighted by Crippen LogP contribution is -2.18. The lowest BCUT2D eigenvalue weighted by Gasteiger charge is -2.14. The van der Waals surface area contributed by atoms with E-state index in [-0.39, 0.29) is 11.9 Å². The molecule has 0 saturated heterocycles. The minimum absolute atomic E-state index is 0.204. The van der Waals surface area contributed by atoms with E-state index >= 15 is 0 Å². The minimum atomic E-state index is -0.205. The van der Waals surface area contributed by atoms with Crippen LogP contribution in [-0.4, -0.2) is 14.8 Å². The second-order valence-corrected chi connectivity index (χ2v) is 5.57. The Bertz CT molecular complexity index is 577. The number of rotatable bonds is 5. The average Bonchev–Trinajstić information content (AvgIpc) is 2.79. The molecular weight excluding hydrogens is 255 g/mol. The molecule has 1 unspecified atom stereocenters. The topological polar surface area (TPSA) is 56.7 Å². The molecule has 2 rings (SSSR count). The van der Waals surface area contributed by atoms with Crippen molar-refractivity contribution < 1.29 is 4.39 Å². The van der Waals surface area contributed by atoms with Gasteiger partial charge in [0.05, 0.1) is 0 Å². The van der Waals surface area contributed by atoms with Crippen LogP contribution in [-0.2, 0) is 13.0 Å². The molecule has 0 amide bonds. The van der Waals surface area contributed by atoms with Crippen molar-refractivity contribution in [3.8, 4) is 0 Å². The molecule has 0 spiro atoms. The van der Waals surface area contributed by atoms with Gasteiger partial charge in [-0.1, -0.05) is 26.0 Å². The Morgan fingerprint density at radius 2 is 2.10 bits per heavy atom. The Hall–Kier alpha value is -1.75. The summed E-state index contributed by atoms with van der Waals surface area (Å²) in [6.07, 6.45) is 2.15. The summed E-state index contributed by atoms with van der Waals surface area (Å²) in [7, 11) is 0. The van der Waals surface area contributed by atoms with Gasteiger partial charge in [0.25, 0.3) is 0 Å². The third-order valence-corrected chi connectivity index (χ3v) is 3.25. The fraction of sp³-hybridized carbons (Fsp3) is 0.467. The van der Waals surface area contributed by atoms with Gasteiger partial charge in [-0.25, -0.2) is 14.1 Å². The van der Waals surface area contributed by atoms with Crippen LogP contribution in [0.4, 0.5) is 4.39 Å². The monoisotopic (exact) mass is 276 g/mol. The average molecular weight is 276 g/mol. The molecule has 0 aliphatic carbocycles. The number of hydrogen-bond acceptors (Lipinski definition) is 3. The molecule has 1 atom stereocenters. The van der Waals surface area contributed by atoms with E-state index in [1.807, 2.05) is 4.68 Å². The molecule has 0 aliphatic heterocycles. The second-order valence-electron chi connectivity index (χ2n) is 5.57. The van der Waals surface area contributed by atoms with Gasteiger partial charge in [0, 0.05) is 19.0 Å². The third-order valence-electron chi connectivity index (χ3n) is 3.25. The molecule has 1 heterocycles. The maximum Gasteiger partial charge on any atom is 0.138 e. The molecule has 5 heteroatoms. The molecule has 0 saturated carbocycles. The number of nitrogens with zero attached hydrogens (tertiary/aromatic N) is 3. The van der Waals surface area contributed by atoms with Crippen LogP contribution in [0.25, 0.3) is 0 Å². The van der Waals surface area contributed by atoms with E-state index < -0.39 is 0 Å². The van der Waals surface area contributed by atoms with Crippen LogP contribution in [0.2, 0.25) is 0 Å². The molecule has 20 heavy (non-hydrogen) atoms. The summed E-state index contributed by atoms with van der Waals surface area (Å²) >= 11 is 0. The SMILES string of the molecule is Cc1cc(C(N)Cc2ncnn2CC(C)C)ccc1F. The Balaban J connectivity index is 2.13. The number of nitrogens with two attached hydrogens (primary N) is 1. The predicted molar refractivity (Wildman–Crippen MR) is 76.6 cm³/mol. The van der Waals surface area contributed by atoms with Crippen LogP contribution in [0.3, 0.4) is 0 Å². The highest BCUT2D eigenvalue weighted by atomic mass is 19.1. The van der Waals surface area contributed by atoms with Gasteiger partial charge < -0.3 is 5.73 Å². The van der Waals surface area contributed by atoms with Gasteiger partial charge in [-0.05, 0) is 30.0 Å². The van der Waals surface area contributed by atoms with Crippen LogP contribution >= 0.6 is 0 Å². The maximum atomic E-state index is 13.3. The van der Waals surface area contributed by atoms with Gasteiger partial charge in [-0.15, -0.1) is 0 Å². The van der Waals surface area contributed by atoms with Crippen LogP contribution in [0.1, 0.15) is 36.8 Å². The largest absolute Gasteiger partial charge is 0.324 e. The highest BCUT2D eigenvalue weighted by Gasteiger charge is 2.13.